The fraction of sp³-hybridized carbons (Fsp3) is 0.304. The highest BCUT2D eigenvalue weighted by Gasteiger charge is 2.23. The molecule has 28 heavy (non-hydrogen) atoms. The number of aromatic nitrogens is 1. The molecule has 0 N–H and O–H groups in total. The molecule has 0 atom stereocenters. The lowest BCUT2D eigenvalue weighted by Crippen LogP contribution is -2.47. The number of hydrogen-bond donors (Lipinski definition) is 0. The molecule has 1 aliphatic heterocycles. The highest BCUT2D eigenvalue weighted by atomic mass is 16.2. The van der Waals surface area contributed by atoms with Gasteiger partial charge in [-0.1, -0.05) is 24.3 Å². The number of pyridine rings is 1. The second-order valence-electron chi connectivity index (χ2n) is 7.63. The Morgan fingerprint density at radius 3 is 2.25 bits per heavy atom. The molecule has 1 amide bonds. The van der Waals surface area contributed by atoms with E-state index in [1.807, 2.05) is 55.1 Å². The fourth-order valence-electron chi connectivity index (χ4n) is 3.71. The number of aryl methyl sites for hydroxylation is 2. The minimum Gasteiger partial charge on any atom is -0.336 e. The van der Waals surface area contributed by atoms with Crippen LogP contribution in [0.15, 0.2) is 53.5 Å². The Hall–Kier alpha value is -2.92. The third-order valence-corrected chi connectivity index (χ3v) is 5.71. The van der Waals surface area contributed by atoms with Gasteiger partial charge in [0.25, 0.3) is 11.5 Å². The van der Waals surface area contributed by atoms with Crippen molar-refractivity contribution in [1.82, 2.24) is 14.4 Å². The lowest BCUT2D eigenvalue weighted by atomic mass is 10.0. The predicted octanol–water partition coefficient (Wildman–Crippen LogP) is 3.00. The number of carbonyl (C=O) groups is 1. The molecule has 0 radical (unpaired) electrons. The van der Waals surface area contributed by atoms with Crippen LogP contribution in [0.2, 0.25) is 0 Å². The standard InChI is InChI=1S/C23H25N3O2/c1-16-8-9-18(14-17(16)2)26-15-21(19-6-4-5-7-20(19)23(26)28)22(27)25-12-10-24(3)11-13-25/h4-9,14-15H,10-13H2,1-3H3. The molecule has 0 bridgehead atoms. The van der Waals surface area contributed by atoms with E-state index in [1.165, 1.54) is 5.56 Å². The summed E-state index contributed by atoms with van der Waals surface area (Å²) in [5.41, 5.74) is 3.55. The number of piperazine rings is 1. The number of amides is 1. The molecular weight excluding hydrogens is 350 g/mol. The summed E-state index contributed by atoms with van der Waals surface area (Å²) in [7, 11) is 2.07. The summed E-state index contributed by atoms with van der Waals surface area (Å²) in [5, 5.41) is 1.29. The number of fused-ring (bicyclic) bond motifs is 1. The van der Waals surface area contributed by atoms with E-state index < -0.39 is 0 Å². The molecule has 0 saturated carbocycles. The summed E-state index contributed by atoms with van der Waals surface area (Å²) >= 11 is 0. The molecule has 3 aromatic rings. The zero-order valence-corrected chi connectivity index (χ0v) is 16.6. The van der Waals surface area contributed by atoms with Crippen LogP contribution in [0.5, 0.6) is 0 Å². The van der Waals surface area contributed by atoms with Gasteiger partial charge in [0.2, 0.25) is 0 Å². The van der Waals surface area contributed by atoms with Gasteiger partial charge < -0.3 is 9.80 Å². The van der Waals surface area contributed by atoms with Crippen molar-refractivity contribution >= 4 is 16.7 Å². The summed E-state index contributed by atoms with van der Waals surface area (Å²) in [6.45, 7) is 7.20. The lowest BCUT2D eigenvalue weighted by Gasteiger charge is -2.32. The fourth-order valence-corrected chi connectivity index (χ4v) is 3.71. The molecule has 1 aliphatic rings. The Labute approximate surface area is 164 Å². The number of hydrogen-bond acceptors (Lipinski definition) is 3. The maximum atomic E-state index is 13.3. The third kappa shape index (κ3) is 3.22. The molecule has 1 aromatic heterocycles. The maximum Gasteiger partial charge on any atom is 0.262 e. The van der Waals surface area contributed by atoms with Gasteiger partial charge in [-0.05, 0) is 50.2 Å². The summed E-state index contributed by atoms with van der Waals surface area (Å²) in [6.07, 6.45) is 1.72. The average molecular weight is 375 g/mol. The summed E-state index contributed by atoms with van der Waals surface area (Å²) in [5.74, 6) is -0.0121. The van der Waals surface area contributed by atoms with Crippen LogP contribution in [0.4, 0.5) is 0 Å². The first-order valence-electron chi connectivity index (χ1n) is 9.65. The normalized spacial score (nSPS) is 15.2. The number of likely N-dealkylation sites (N-methyl/N-ethyl adjacent to an activating group) is 1. The smallest absolute Gasteiger partial charge is 0.262 e. The molecule has 4 rings (SSSR count). The van der Waals surface area contributed by atoms with Gasteiger partial charge in [-0.25, -0.2) is 0 Å². The Balaban J connectivity index is 1.88. The Morgan fingerprint density at radius 1 is 0.893 bits per heavy atom. The quantitative estimate of drug-likeness (QED) is 0.692. The lowest BCUT2D eigenvalue weighted by molar-refractivity contribution is 0.0665. The Morgan fingerprint density at radius 2 is 1.57 bits per heavy atom. The highest BCUT2D eigenvalue weighted by molar-refractivity contribution is 6.06. The molecule has 144 valence electrons. The van der Waals surface area contributed by atoms with Crippen molar-refractivity contribution in [2.45, 2.75) is 13.8 Å². The van der Waals surface area contributed by atoms with Crippen molar-refractivity contribution in [3.63, 3.8) is 0 Å². The average Bonchev–Trinajstić information content (AvgIpc) is 2.71. The monoisotopic (exact) mass is 375 g/mol. The van der Waals surface area contributed by atoms with Crippen LogP contribution in [0.1, 0.15) is 21.5 Å². The number of benzene rings is 2. The van der Waals surface area contributed by atoms with E-state index in [1.54, 1.807) is 16.8 Å². The van der Waals surface area contributed by atoms with Crippen molar-refractivity contribution in [2.75, 3.05) is 33.2 Å². The first kappa shape index (κ1) is 18.4. The van der Waals surface area contributed by atoms with E-state index in [-0.39, 0.29) is 11.5 Å². The molecule has 0 unspecified atom stereocenters. The van der Waals surface area contributed by atoms with Crippen LogP contribution >= 0.6 is 0 Å². The van der Waals surface area contributed by atoms with Crippen LogP contribution in [-0.4, -0.2) is 53.5 Å². The Bertz CT molecular complexity index is 1110. The van der Waals surface area contributed by atoms with Crippen LogP contribution in [0.3, 0.4) is 0 Å². The predicted molar refractivity (Wildman–Crippen MR) is 112 cm³/mol. The highest BCUT2D eigenvalue weighted by Crippen LogP contribution is 2.21. The van der Waals surface area contributed by atoms with Gasteiger partial charge in [0, 0.05) is 48.8 Å². The number of carbonyl (C=O) groups excluding carboxylic acids is 1. The second kappa shape index (κ2) is 7.24. The zero-order valence-electron chi connectivity index (χ0n) is 16.6. The van der Waals surface area contributed by atoms with E-state index in [0.29, 0.717) is 24.0 Å². The zero-order chi connectivity index (χ0) is 19.8. The van der Waals surface area contributed by atoms with Crippen molar-refractivity contribution in [1.29, 1.82) is 0 Å². The van der Waals surface area contributed by atoms with Gasteiger partial charge in [0.05, 0.1) is 5.56 Å². The summed E-state index contributed by atoms with van der Waals surface area (Å²) in [4.78, 5) is 30.6. The van der Waals surface area contributed by atoms with Crippen LogP contribution < -0.4 is 5.56 Å². The molecule has 0 spiro atoms. The first-order chi connectivity index (χ1) is 13.5. The van der Waals surface area contributed by atoms with Crippen molar-refractivity contribution in [2.24, 2.45) is 0 Å². The van der Waals surface area contributed by atoms with Crippen LogP contribution in [0.25, 0.3) is 16.5 Å². The molecule has 2 heterocycles. The van der Waals surface area contributed by atoms with Crippen molar-refractivity contribution in [3.8, 4) is 5.69 Å². The van der Waals surface area contributed by atoms with Gasteiger partial charge in [0.1, 0.15) is 0 Å². The molecule has 1 saturated heterocycles. The van der Waals surface area contributed by atoms with E-state index in [2.05, 4.69) is 11.9 Å². The van der Waals surface area contributed by atoms with Gasteiger partial charge in [-0.3, -0.25) is 14.2 Å². The van der Waals surface area contributed by atoms with Gasteiger partial charge in [-0.15, -0.1) is 0 Å². The van der Waals surface area contributed by atoms with E-state index in [4.69, 9.17) is 0 Å². The first-order valence-corrected chi connectivity index (χ1v) is 9.65. The number of rotatable bonds is 2. The third-order valence-electron chi connectivity index (χ3n) is 5.71. The topological polar surface area (TPSA) is 45.6 Å². The van der Waals surface area contributed by atoms with Crippen LogP contribution in [0, 0.1) is 13.8 Å². The van der Waals surface area contributed by atoms with Gasteiger partial charge in [0.15, 0.2) is 0 Å². The molecule has 5 nitrogen and oxygen atoms in total. The van der Waals surface area contributed by atoms with E-state index in [0.717, 1.165) is 29.7 Å². The van der Waals surface area contributed by atoms with Crippen LogP contribution in [-0.2, 0) is 0 Å². The molecular formula is C23H25N3O2. The van der Waals surface area contributed by atoms with E-state index >= 15 is 0 Å². The largest absolute Gasteiger partial charge is 0.336 e. The number of nitrogens with zero attached hydrogens (tertiary/aromatic N) is 3. The molecule has 1 fully saturated rings. The molecule has 2 aromatic carbocycles. The summed E-state index contributed by atoms with van der Waals surface area (Å²) < 4.78 is 1.61. The van der Waals surface area contributed by atoms with E-state index in [9.17, 15) is 9.59 Å². The molecule has 5 heteroatoms. The SMILES string of the molecule is Cc1ccc(-n2cc(C(=O)N3CCN(C)CC3)c3ccccc3c2=O)cc1C. The maximum absolute atomic E-state index is 13.3. The van der Waals surface area contributed by atoms with Crippen molar-refractivity contribution in [3.05, 3.63) is 75.7 Å². The van der Waals surface area contributed by atoms with Gasteiger partial charge in [-0.2, -0.15) is 0 Å². The minimum atomic E-state index is -0.103. The minimum absolute atomic E-state index is 0.0121. The second-order valence-corrected chi connectivity index (χ2v) is 7.63. The molecule has 0 aliphatic carbocycles. The Kier molecular flexibility index (Phi) is 4.77. The van der Waals surface area contributed by atoms with Crippen molar-refractivity contribution < 1.29 is 4.79 Å². The van der Waals surface area contributed by atoms with Gasteiger partial charge >= 0.3 is 0 Å². The summed E-state index contributed by atoms with van der Waals surface area (Å²) in [6, 6.07) is 13.3.